The van der Waals surface area contributed by atoms with E-state index in [2.05, 4.69) is 20.4 Å². The number of carbonyl (C=O) groups is 1. The van der Waals surface area contributed by atoms with E-state index < -0.39 is 4.92 Å². The van der Waals surface area contributed by atoms with Gasteiger partial charge in [0.25, 0.3) is 5.69 Å². The average molecular weight is 383 g/mol. The van der Waals surface area contributed by atoms with Crippen LogP contribution < -0.4 is 15.0 Å². The molecule has 11 nitrogen and oxygen atoms in total. The van der Waals surface area contributed by atoms with E-state index in [4.69, 9.17) is 4.74 Å². The Morgan fingerprint density at radius 1 is 1.36 bits per heavy atom. The van der Waals surface area contributed by atoms with Gasteiger partial charge in [0, 0.05) is 44.7 Å². The molecule has 28 heavy (non-hydrogen) atoms. The highest BCUT2D eigenvalue weighted by molar-refractivity contribution is 5.76. The molecule has 144 valence electrons. The van der Waals surface area contributed by atoms with Crippen LogP contribution in [0.1, 0.15) is 10.4 Å². The number of ether oxygens (including phenoxy) is 1. The standard InChI is InChI=1S/C17H17N7O4/c1-22(2)13-7-15(28-3)12(6-14(13)24(26)27)20-17-18-5-4-16(21-17)23-9-11(10-25)8-19-23/h4-10H,1-3H3,(H,18,20,21). The molecule has 0 bridgehead atoms. The van der Waals surface area contributed by atoms with E-state index in [0.717, 1.165) is 0 Å². The van der Waals surface area contributed by atoms with Crippen molar-refractivity contribution in [1.82, 2.24) is 19.7 Å². The first-order chi connectivity index (χ1) is 13.4. The lowest BCUT2D eigenvalue weighted by Gasteiger charge is -2.17. The zero-order valence-electron chi connectivity index (χ0n) is 15.4. The van der Waals surface area contributed by atoms with Crippen molar-refractivity contribution in [2.24, 2.45) is 0 Å². The van der Waals surface area contributed by atoms with Crippen LogP contribution in [0.25, 0.3) is 5.82 Å². The quantitative estimate of drug-likeness (QED) is 0.371. The van der Waals surface area contributed by atoms with Crippen LogP contribution in [-0.4, -0.2) is 52.2 Å². The summed E-state index contributed by atoms with van der Waals surface area (Å²) in [4.78, 5) is 31.9. The number of nitro benzene ring substituents is 1. The fraction of sp³-hybridized carbons (Fsp3) is 0.176. The van der Waals surface area contributed by atoms with Gasteiger partial charge in [0.1, 0.15) is 11.4 Å². The first-order valence-electron chi connectivity index (χ1n) is 8.07. The number of nitro groups is 1. The molecule has 0 atom stereocenters. The van der Waals surface area contributed by atoms with Gasteiger partial charge in [-0.3, -0.25) is 14.9 Å². The van der Waals surface area contributed by atoms with Gasteiger partial charge in [-0.15, -0.1) is 0 Å². The second-order valence-corrected chi connectivity index (χ2v) is 5.89. The van der Waals surface area contributed by atoms with Crippen LogP contribution in [0.3, 0.4) is 0 Å². The van der Waals surface area contributed by atoms with Crippen LogP contribution in [0.5, 0.6) is 5.75 Å². The monoisotopic (exact) mass is 383 g/mol. The molecule has 0 spiro atoms. The number of nitrogens with zero attached hydrogens (tertiary/aromatic N) is 6. The number of methoxy groups -OCH3 is 1. The van der Waals surface area contributed by atoms with Gasteiger partial charge in [-0.25, -0.2) is 9.67 Å². The molecule has 11 heteroatoms. The Kier molecular flexibility index (Phi) is 5.16. The van der Waals surface area contributed by atoms with E-state index in [9.17, 15) is 14.9 Å². The van der Waals surface area contributed by atoms with Gasteiger partial charge in [-0.2, -0.15) is 10.1 Å². The number of aromatic nitrogens is 4. The van der Waals surface area contributed by atoms with Crippen LogP contribution in [-0.2, 0) is 0 Å². The van der Waals surface area contributed by atoms with Gasteiger partial charge in [0.05, 0.1) is 29.5 Å². The molecule has 1 aromatic carbocycles. The largest absolute Gasteiger partial charge is 0.494 e. The summed E-state index contributed by atoms with van der Waals surface area (Å²) < 4.78 is 6.77. The van der Waals surface area contributed by atoms with Crippen molar-refractivity contribution < 1.29 is 14.5 Å². The molecule has 0 saturated heterocycles. The predicted molar refractivity (Wildman–Crippen MR) is 102 cm³/mol. The van der Waals surface area contributed by atoms with Crippen molar-refractivity contribution in [3.63, 3.8) is 0 Å². The summed E-state index contributed by atoms with van der Waals surface area (Å²) in [6, 6.07) is 4.54. The number of nitrogens with one attached hydrogen (secondary N) is 1. The predicted octanol–water partition coefficient (Wildman–Crippen LogP) is 2.20. The van der Waals surface area contributed by atoms with Crippen molar-refractivity contribution in [2.45, 2.75) is 0 Å². The highest BCUT2D eigenvalue weighted by Gasteiger charge is 2.21. The normalized spacial score (nSPS) is 10.4. The van der Waals surface area contributed by atoms with Gasteiger partial charge in [-0.1, -0.05) is 0 Å². The highest BCUT2D eigenvalue weighted by Crippen LogP contribution is 2.38. The average Bonchev–Trinajstić information content (AvgIpc) is 3.17. The van der Waals surface area contributed by atoms with E-state index in [0.29, 0.717) is 34.8 Å². The molecule has 0 aliphatic heterocycles. The molecule has 3 rings (SSSR count). The molecule has 0 saturated carbocycles. The zero-order chi connectivity index (χ0) is 20.3. The van der Waals surface area contributed by atoms with E-state index in [1.807, 2.05) is 0 Å². The fourth-order valence-electron chi connectivity index (χ4n) is 2.51. The summed E-state index contributed by atoms with van der Waals surface area (Å²) in [5, 5.41) is 18.4. The topological polar surface area (TPSA) is 128 Å². The van der Waals surface area contributed by atoms with Crippen LogP contribution >= 0.6 is 0 Å². The maximum Gasteiger partial charge on any atom is 0.294 e. The lowest BCUT2D eigenvalue weighted by Crippen LogP contribution is -2.12. The Hall–Kier alpha value is -4.02. The minimum atomic E-state index is -0.470. The Morgan fingerprint density at radius 2 is 2.14 bits per heavy atom. The minimum Gasteiger partial charge on any atom is -0.494 e. The Bertz CT molecular complexity index is 1030. The molecule has 1 N–H and O–H groups in total. The third kappa shape index (κ3) is 3.72. The molecule has 2 heterocycles. The fourth-order valence-corrected chi connectivity index (χ4v) is 2.51. The lowest BCUT2D eigenvalue weighted by atomic mass is 10.2. The van der Waals surface area contributed by atoms with E-state index >= 15 is 0 Å². The summed E-state index contributed by atoms with van der Waals surface area (Å²) in [6.45, 7) is 0. The van der Waals surface area contributed by atoms with E-state index in [1.54, 1.807) is 31.1 Å². The van der Waals surface area contributed by atoms with Crippen molar-refractivity contribution in [3.8, 4) is 11.6 Å². The van der Waals surface area contributed by atoms with Gasteiger partial charge in [0.15, 0.2) is 12.1 Å². The number of hydrogen-bond donors (Lipinski definition) is 1. The first kappa shape index (κ1) is 18.8. The SMILES string of the molecule is COc1cc(N(C)C)c([N+](=O)[O-])cc1Nc1nccc(-n2cc(C=O)cn2)n1. The second kappa shape index (κ2) is 7.70. The second-order valence-electron chi connectivity index (χ2n) is 5.89. The molecular formula is C17H17N7O4. The zero-order valence-corrected chi connectivity index (χ0v) is 15.4. The third-order valence-electron chi connectivity index (χ3n) is 3.84. The van der Waals surface area contributed by atoms with Crippen molar-refractivity contribution >= 4 is 29.3 Å². The van der Waals surface area contributed by atoms with Gasteiger partial charge in [-0.05, 0) is 0 Å². The molecule has 0 amide bonds. The molecule has 0 unspecified atom stereocenters. The van der Waals surface area contributed by atoms with Gasteiger partial charge < -0.3 is 15.0 Å². The number of anilines is 3. The number of aldehydes is 1. The molecule has 0 radical (unpaired) electrons. The number of benzene rings is 1. The maximum absolute atomic E-state index is 11.4. The maximum atomic E-state index is 11.4. The lowest BCUT2D eigenvalue weighted by molar-refractivity contribution is -0.384. The summed E-state index contributed by atoms with van der Waals surface area (Å²) >= 11 is 0. The summed E-state index contributed by atoms with van der Waals surface area (Å²) in [5.41, 5.74) is 1.06. The van der Waals surface area contributed by atoms with Crippen LogP contribution in [0.15, 0.2) is 36.8 Å². The Morgan fingerprint density at radius 3 is 2.75 bits per heavy atom. The van der Waals surface area contributed by atoms with Crippen LogP contribution in [0.4, 0.5) is 23.0 Å². The summed E-state index contributed by atoms with van der Waals surface area (Å²) in [6.07, 6.45) is 5.12. The van der Waals surface area contributed by atoms with Gasteiger partial charge >= 0.3 is 0 Å². The molecule has 0 aliphatic rings. The molecule has 0 fully saturated rings. The van der Waals surface area contributed by atoms with E-state index in [1.165, 1.54) is 36.4 Å². The number of carbonyl (C=O) groups excluding carboxylic acids is 1. The first-order valence-corrected chi connectivity index (χ1v) is 8.07. The summed E-state index contributed by atoms with van der Waals surface area (Å²) in [5.74, 6) is 1.00. The van der Waals surface area contributed by atoms with Crippen molar-refractivity contribution in [3.05, 3.63) is 52.5 Å². The molecule has 2 aromatic heterocycles. The summed E-state index contributed by atoms with van der Waals surface area (Å²) in [7, 11) is 4.88. The van der Waals surface area contributed by atoms with Crippen LogP contribution in [0, 0.1) is 10.1 Å². The van der Waals surface area contributed by atoms with Crippen LogP contribution in [0.2, 0.25) is 0 Å². The Balaban J connectivity index is 1.99. The molecule has 0 aliphatic carbocycles. The molecular weight excluding hydrogens is 366 g/mol. The number of hydrogen-bond acceptors (Lipinski definition) is 9. The van der Waals surface area contributed by atoms with Crippen molar-refractivity contribution in [2.75, 3.05) is 31.4 Å². The minimum absolute atomic E-state index is 0.0906. The smallest absolute Gasteiger partial charge is 0.294 e. The Labute approximate surface area is 159 Å². The molecule has 3 aromatic rings. The third-order valence-corrected chi connectivity index (χ3v) is 3.84. The van der Waals surface area contributed by atoms with Crippen molar-refractivity contribution in [1.29, 1.82) is 0 Å². The van der Waals surface area contributed by atoms with E-state index in [-0.39, 0.29) is 11.6 Å². The highest BCUT2D eigenvalue weighted by atomic mass is 16.6. The number of rotatable bonds is 7. The van der Waals surface area contributed by atoms with Gasteiger partial charge in [0.2, 0.25) is 5.95 Å².